The molecule has 0 saturated heterocycles. The lowest BCUT2D eigenvalue weighted by atomic mass is 10.2. The third-order valence-corrected chi connectivity index (χ3v) is 6.13. The van der Waals surface area contributed by atoms with Gasteiger partial charge in [-0.1, -0.05) is 23.1 Å². The normalized spacial score (nSPS) is 12.7. The van der Waals surface area contributed by atoms with E-state index in [-0.39, 0.29) is 5.25 Å². The summed E-state index contributed by atoms with van der Waals surface area (Å²) in [5.41, 5.74) is 7.19. The molecule has 0 radical (unpaired) electrons. The molecule has 0 aromatic carbocycles. The first-order valence-electron chi connectivity index (χ1n) is 5.53. The van der Waals surface area contributed by atoms with Crippen molar-refractivity contribution in [3.8, 4) is 0 Å². The second-order valence-corrected chi connectivity index (χ2v) is 7.41. The predicted octanol–water partition coefficient (Wildman–Crippen LogP) is 2.77. The van der Waals surface area contributed by atoms with E-state index >= 15 is 0 Å². The minimum absolute atomic E-state index is 0.271. The summed E-state index contributed by atoms with van der Waals surface area (Å²) < 4.78 is 0.974. The molecule has 4 nitrogen and oxygen atoms in total. The van der Waals surface area contributed by atoms with Crippen LogP contribution in [0.3, 0.4) is 0 Å². The fraction of sp³-hybridized carbons (Fsp3) is 0.455. The first-order valence-corrected chi connectivity index (χ1v) is 8.11. The van der Waals surface area contributed by atoms with Crippen LogP contribution in [-0.2, 0) is 0 Å². The summed E-state index contributed by atoms with van der Waals surface area (Å²) in [6.45, 7) is 2.74. The number of nitrogens with two attached hydrogens (primary N) is 1. The lowest BCUT2D eigenvalue weighted by Gasteiger charge is -2.11. The number of aryl methyl sites for hydroxylation is 1. The molecule has 2 aromatic rings. The molecule has 2 heterocycles. The Hall–Kier alpha value is -0.630. The summed E-state index contributed by atoms with van der Waals surface area (Å²) in [5, 5.41) is 11.7. The molecule has 18 heavy (non-hydrogen) atoms. The highest BCUT2D eigenvalue weighted by Gasteiger charge is 2.18. The molecule has 0 aliphatic carbocycles. The second-order valence-electron chi connectivity index (χ2n) is 4.06. The van der Waals surface area contributed by atoms with Gasteiger partial charge in [-0.3, -0.25) is 0 Å². The molecule has 98 valence electrons. The molecular weight excluding hydrogens is 284 g/mol. The van der Waals surface area contributed by atoms with Crippen molar-refractivity contribution >= 4 is 39.6 Å². The Balaban J connectivity index is 2.13. The van der Waals surface area contributed by atoms with Crippen molar-refractivity contribution in [1.82, 2.24) is 10.2 Å². The number of hydrogen-bond acceptors (Lipinski definition) is 7. The van der Waals surface area contributed by atoms with Crippen LogP contribution >= 0.6 is 34.4 Å². The summed E-state index contributed by atoms with van der Waals surface area (Å²) in [5.74, 6) is 0. The summed E-state index contributed by atoms with van der Waals surface area (Å²) >= 11 is 5.07. The van der Waals surface area contributed by atoms with Crippen molar-refractivity contribution in [2.24, 2.45) is 5.73 Å². The summed E-state index contributed by atoms with van der Waals surface area (Å²) in [6.07, 6.45) is 0. The van der Waals surface area contributed by atoms with Crippen molar-refractivity contribution in [3.05, 3.63) is 21.9 Å². The lowest BCUT2D eigenvalue weighted by molar-refractivity contribution is 0.935. The van der Waals surface area contributed by atoms with E-state index < -0.39 is 0 Å². The lowest BCUT2D eigenvalue weighted by Crippen LogP contribution is -2.08. The quantitative estimate of drug-likeness (QED) is 0.861. The SMILES string of the molecule is Cc1ccsc1C(CN)Sc1nnc(N(C)C)s1. The van der Waals surface area contributed by atoms with Gasteiger partial charge in [0.05, 0.1) is 5.25 Å². The number of aromatic nitrogens is 2. The summed E-state index contributed by atoms with van der Waals surface area (Å²) in [4.78, 5) is 3.30. The maximum atomic E-state index is 5.88. The highest BCUT2D eigenvalue weighted by molar-refractivity contribution is 8.01. The average Bonchev–Trinajstić information content (AvgIpc) is 2.95. The van der Waals surface area contributed by atoms with Crippen LogP contribution < -0.4 is 10.6 Å². The van der Waals surface area contributed by atoms with Gasteiger partial charge in [0.2, 0.25) is 5.13 Å². The van der Waals surface area contributed by atoms with Gasteiger partial charge < -0.3 is 10.6 Å². The zero-order chi connectivity index (χ0) is 13.1. The maximum absolute atomic E-state index is 5.88. The predicted molar refractivity (Wildman–Crippen MR) is 80.9 cm³/mol. The van der Waals surface area contributed by atoms with Gasteiger partial charge in [0.15, 0.2) is 4.34 Å². The van der Waals surface area contributed by atoms with Crippen LogP contribution in [0.5, 0.6) is 0 Å². The highest BCUT2D eigenvalue weighted by Crippen LogP contribution is 2.40. The van der Waals surface area contributed by atoms with Crippen LogP contribution in [-0.4, -0.2) is 30.8 Å². The van der Waals surface area contributed by atoms with Gasteiger partial charge in [-0.2, -0.15) is 0 Å². The van der Waals surface area contributed by atoms with E-state index in [0.29, 0.717) is 6.54 Å². The van der Waals surface area contributed by atoms with Crippen LogP contribution in [0, 0.1) is 6.92 Å². The largest absolute Gasteiger partial charge is 0.353 e. The zero-order valence-corrected chi connectivity index (χ0v) is 13.0. The number of hydrogen-bond donors (Lipinski definition) is 1. The minimum Gasteiger partial charge on any atom is -0.353 e. The van der Waals surface area contributed by atoms with Crippen LogP contribution in [0.2, 0.25) is 0 Å². The van der Waals surface area contributed by atoms with Gasteiger partial charge in [0.25, 0.3) is 0 Å². The number of anilines is 1. The van der Waals surface area contributed by atoms with Gasteiger partial charge in [-0.25, -0.2) is 0 Å². The van der Waals surface area contributed by atoms with E-state index in [0.717, 1.165) is 9.47 Å². The molecule has 0 aliphatic heterocycles. The molecule has 0 amide bonds. The van der Waals surface area contributed by atoms with E-state index in [4.69, 9.17) is 5.73 Å². The van der Waals surface area contributed by atoms with Crippen LogP contribution in [0.15, 0.2) is 15.8 Å². The van der Waals surface area contributed by atoms with Crippen molar-refractivity contribution in [2.75, 3.05) is 25.5 Å². The molecular formula is C11H16N4S3. The fourth-order valence-electron chi connectivity index (χ4n) is 1.48. The Kier molecular flexibility index (Phi) is 4.60. The molecule has 7 heteroatoms. The Morgan fingerprint density at radius 1 is 1.44 bits per heavy atom. The van der Waals surface area contributed by atoms with Gasteiger partial charge in [0, 0.05) is 25.5 Å². The molecule has 1 atom stereocenters. The number of nitrogens with zero attached hydrogens (tertiary/aromatic N) is 3. The number of rotatable bonds is 5. The molecule has 1 unspecified atom stereocenters. The topological polar surface area (TPSA) is 55.0 Å². The van der Waals surface area contributed by atoms with Crippen LogP contribution in [0.1, 0.15) is 15.7 Å². The van der Waals surface area contributed by atoms with Gasteiger partial charge in [-0.15, -0.1) is 21.5 Å². The van der Waals surface area contributed by atoms with Gasteiger partial charge in [0.1, 0.15) is 0 Å². The van der Waals surface area contributed by atoms with Crippen molar-refractivity contribution < 1.29 is 0 Å². The molecule has 2 N–H and O–H groups in total. The molecule has 0 saturated carbocycles. The van der Waals surface area contributed by atoms with E-state index in [1.54, 1.807) is 34.4 Å². The molecule has 0 aliphatic rings. The minimum atomic E-state index is 0.271. The molecule has 2 aromatic heterocycles. The molecule has 0 bridgehead atoms. The van der Waals surface area contributed by atoms with Crippen LogP contribution in [0.25, 0.3) is 0 Å². The Morgan fingerprint density at radius 2 is 2.22 bits per heavy atom. The van der Waals surface area contributed by atoms with E-state index in [9.17, 15) is 0 Å². The standard InChI is InChI=1S/C11H16N4S3/c1-7-4-5-16-9(7)8(6-12)17-11-14-13-10(18-11)15(2)3/h4-5,8H,6,12H2,1-3H3. The summed E-state index contributed by atoms with van der Waals surface area (Å²) in [7, 11) is 3.94. The first-order chi connectivity index (χ1) is 8.61. The monoisotopic (exact) mass is 300 g/mol. The Labute approximate surface area is 119 Å². The Bertz CT molecular complexity index is 506. The van der Waals surface area contributed by atoms with Gasteiger partial charge in [-0.05, 0) is 23.9 Å². The van der Waals surface area contributed by atoms with E-state index in [1.807, 2.05) is 19.0 Å². The molecule has 0 fully saturated rings. The van der Waals surface area contributed by atoms with Crippen molar-refractivity contribution in [2.45, 2.75) is 16.5 Å². The summed E-state index contributed by atoms with van der Waals surface area (Å²) in [6, 6.07) is 2.13. The first kappa shape index (κ1) is 13.8. The third kappa shape index (κ3) is 3.03. The van der Waals surface area contributed by atoms with Crippen molar-refractivity contribution in [3.63, 3.8) is 0 Å². The van der Waals surface area contributed by atoms with Crippen molar-refractivity contribution in [1.29, 1.82) is 0 Å². The average molecular weight is 300 g/mol. The Morgan fingerprint density at radius 3 is 2.72 bits per heavy atom. The smallest absolute Gasteiger partial charge is 0.208 e. The second kappa shape index (κ2) is 6.01. The maximum Gasteiger partial charge on any atom is 0.208 e. The van der Waals surface area contributed by atoms with E-state index in [1.165, 1.54) is 10.4 Å². The van der Waals surface area contributed by atoms with Gasteiger partial charge >= 0.3 is 0 Å². The third-order valence-electron chi connectivity index (χ3n) is 2.43. The highest BCUT2D eigenvalue weighted by atomic mass is 32.2. The van der Waals surface area contributed by atoms with E-state index in [2.05, 4.69) is 28.6 Å². The molecule has 2 rings (SSSR count). The number of thiophene rings is 1. The van der Waals surface area contributed by atoms with Crippen LogP contribution in [0.4, 0.5) is 5.13 Å². The zero-order valence-electron chi connectivity index (χ0n) is 10.6. The fourth-order valence-corrected chi connectivity index (χ4v) is 4.69. The molecule has 0 spiro atoms. The number of thioether (sulfide) groups is 1.